The van der Waals surface area contributed by atoms with Gasteiger partial charge in [0.25, 0.3) is 0 Å². The van der Waals surface area contributed by atoms with Crippen molar-refractivity contribution in [2.75, 3.05) is 19.6 Å². The summed E-state index contributed by atoms with van der Waals surface area (Å²) >= 11 is 0. The summed E-state index contributed by atoms with van der Waals surface area (Å²) in [4.78, 5) is 2.56. The Morgan fingerprint density at radius 3 is 2.45 bits per heavy atom. The number of hydrogen-bond acceptors (Lipinski definition) is 2. The summed E-state index contributed by atoms with van der Waals surface area (Å²) in [6, 6.07) is 11.8. The van der Waals surface area contributed by atoms with Crippen molar-refractivity contribution in [1.82, 2.24) is 4.90 Å². The Morgan fingerprint density at radius 1 is 1.00 bits per heavy atom. The maximum absolute atomic E-state index is 13.9. The number of rotatable bonds is 3. The molecule has 2 atom stereocenters. The SMILES string of the molecule is Cc1cccc2c1CCC(CN1CCC(c3cccc(F)c3C)CC1)CC2O.Cl. The molecule has 2 unspecified atom stereocenters. The molecule has 4 rings (SSSR count). The highest BCUT2D eigenvalue weighted by molar-refractivity contribution is 5.85. The van der Waals surface area contributed by atoms with E-state index in [2.05, 4.69) is 36.1 Å². The molecule has 1 fully saturated rings. The number of aliphatic hydroxyl groups excluding tert-OH is 1. The Bertz CT molecular complexity index is 832. The van der Waals surface area contributed by atoms with E-state index < -0.39 is 0 Å². The second-order valence-corrected chi connectivity index (χ2v) is 8.83. The first kappa shape index (κ1) is 22.3. The summed E-state index contributed by atoms with van der Waals surface area (Å²) < 4.78 is 13.9. The van der Waals surface area contributed by atoms with Crippen molar-refractivity contribution in [3.63, 3.8) is 0 Å². The molecule has 1 saturated heterocycles. The first-order valence-electron chi connectivity index (χ1n) is 10.8. The largest absolute Gasteiger partial charge is 0.388 e. The molecule has 0 aromatic heterocycles. The third-order valence-corrected chi connectivity index (χ3v) is 7.02. The van der Waals surface area contributed by atoms with Crippen LogP contribution in [0.15, 0.2) is 36.4 Å². The number of piperidine rings is 1. The fourth-order valence-electron chi connectivity index (χ4n) is 5.31. The highest BCUT2D eigenvalue weighted by Gasteiger charge is 2.28. The molecule has 0 radical (unpaired) electrons. The van der Waals surface area contributed by atoms with Crippen molar-refractivity contribution >= 4 is 12.4 Å². The predicted molar refractivity (Wildman–Crippen MR) is 119 cm³/mol. The molecule has 1 aliphatic carbocycles. The van der Waals surface area contributed by atoms with Crippen molar-refractivity contribution < 1.29 is 9.50 Å². The van der Waals surface area contributed by atoms with Crippen molar-refractivity contribution in [3.05, 3.63) is 70.0 Å². The normalized spacial score (nSPS) is 23.2. The third-order valence-electron chi connectivity index (χ3n) is 7.02. The second kappa shape index (κ2) is 9.59. The molecule has 0 saturated carbocycles. The highest BCUT2D eigenvalue weighted by atomic mass is 35.5. The Labute approximate surface area is 180 Å². The van der Waals surface area contributed by atoms with Crippen LogP contribution in [-0.2, 0) is 6.42 Å². The van der Waals surface area contributed by atoms with Crippen LogP contribution in [-0.4, -0.2) is 29.6 Å². The van der Waals surface area contributed by atoms with Crippen molar-refractivity contribution in [3.8, 4) is 0 Å². The average Bonchev–Trinajstić information content (AvgIpc) is 2.85. The van der Waals surface area contributed by atoms with Crippen LogP contribution in [0.4, 0.5) is 4.39 Å². The molecule has 1 heterocycles. The van der Waals surface area contributed by atoms with E-state index in [0.717, 1.165) is 62.9 Å². The lowest BCUT2D eigenvalue weighted by molar-refractivity contribution is 0.117. The number of aliphatic hydroxyl groups is 1. The monoisotopic (exact) mass is 417 g/mol. The van der Waals surface area contributed by atoms with E-state index in [9.17, 15) is 9.50 Å². The summed E-state index contributed by atoms with van der Waals surface area (Å²) in [5.41, 5.74) is 5.82. The molecule has 4 heteroatoms. The number of benzene rings is 2. The zero-order chi connectivity index (χ0) is 19.7. The highest BCUT2D eigenvalue weighted by Crippen LogP contribution is 2.35. The molecule has 2 aromatic carbocycles. The predicted octanol–water partition coefficient (Wildman–Crippen LogP) is 5.73. The maximum atomic E-state index is 13.9. The van der Waals surface area contributed by atoms with Gasteiger partial charge in [0.05, 0.1) is 6.10 Å². The number of nitrogens with zero attached hydrogens (tertiary/aromatic N) is 1. The molecule has 0 amide bonds. The van der Waals surface area contributed by atoms with Gasteiger partial charge in [0.1, 0.15) is 5.82 Å². The molecule has 158 valence electrons. The molecule has 0 spiro atoms. The van der Waals surface area contributed by atoms with Gasteiger partial charge in [-0.1, -0.05) is 30.3 Å². The van der Waals surface area contributed by atoms with Crippen LogP contribution in [0.3, 0.4) is 0 Å². The van der Waals surface area contributed by atoms with Crippen LogP contribution < -0.4 is 0 Å². The number of likely N-dealkylation sites (tertiary alicyclic amines) is 1. The Morgan fingerprint density at radius 2 is 1.69 bits per heavy atom. The van der Waals surface area contributed by atoms with Crippen LogP contribution >= 0.6 is 12.4 Å². The van der Waals surface area contributed by atoms with E-state index in [1.165, 1.54) is 16.7 Å². The Balaban J connectivity index is 0.00000240. The van der Waals surface area contributed by atoms with Crippen LogP contribution in [0.5, 0.6) is 0 Å². The molecule has 0 bridgehead atoms. The van der Waals surface area contributed by atoms with E-state index in [1.54, 1.807) is 6.07 Å². The van der Waals surface area contributed by atoms with E-state index in [4.69, 9.17) is 0 Å². The molecule has 2 nitrogen and oxygen atoms in total. The first-order valence-corrected chi connectivity index (χ1v) is 10.8. The summed E-state index contributed by atoms with van der Waals surface area (Å²) in [6.07, 6.45) is 4.94. The van der Waals surface area contributed by atoms with Crippen LogP contribution in [0.25, 0.3) is 0 Å². The number of aryl methyl sites for hydroxylation is 1. The molecule has 1 aliphatic heterocycles. The van der Waals surface area contributed by atoms with Gasteiger partial charge in [-0.05, 0) is 105 Å². The van der Waals surface area contributed by atoms with Crippen molar-refractivity contribution in [2.45, 2.75) is 58.0 Å². The summed E-state index contributed by atoms with van der Waals surface area (Å²) in [5, 5.41) is 10.8. The minimum atomic E-state index is -0.338. The fourth-order valence-corrected chi connectivity index (χ4v) is 5.31. The Hall–Kier alpha value is -1.42. The summed E-state index contributed by atoms with van der Waals surface area (Å²) in [6.45, 7) is 7.27. The minimum absolute atomic E-state index is 0. The Kier molecular flexibility index (Phi) is 7.37. The topological polar surface area (TPSA) is 23.5 Å². The number of hydrogen-bond donors (Lipinski definition) is 1. The van der Waals surface area contributed by atoms with Crippen molar-refractivity contribution in [1.29, 1.82) is 0 Å². The van der Waals surface area contributed by atoms with Gasteiger partial charge >= 0.3 is 0 Å². The summed E-state index contributed by atoms with van der Waals surface area (Å²) in [7, 11) is 0. The average molecular weight is 418 g/mol. The molecular formula is C25H33ClFNO. The van der Waals surface area contributed by atoms with Gasteiger partial charge in [0, 0.05) is 6.54 Å². The molecular weight excluding hydrogens is 385 g/mol. The van der Waals surface area contributed by atoms with E-state index >= 15 is 0 Å². The van der Waals surface area contributed by atoms with Crippen LogP contribution in [0, 0.1) is 25.6 Å². The maximum Gasteiger partial charge on any atom is 0.126 e. The molecule has 1 N–H and O–H groups in total. The second-order valence-electron chi connectivity index (χ2n) is 8.83. The van der Waals surface area contributed by atoms with Gasteiger partial charge in [-0.25, -0.2) is 4.39 Å². The molecule has 2 aliphatic rings. The van der Waals surface area contributed by atoms with Gasteiger partial charge in [0.15, 0.2) is 0 Å². The standard InChI is InChI=1S/C25H32FNO.ClH/c1-17-5-3-7-23-21(17)10-9-19(15-25(23)28)16-27-13-11-20(12-14-27)22-6-4-8-24(26)18(22)2;/h3-8,19-20,25,28H,9-16H2,1-2H3;1H. The lowest BCUT2D eigenvalue weighted by Crippen LogP contribution is -2.37. The quantitative estimate of drug-likeness (QED) is 0.644. The van der Waals surface area contributed by atoms with Crippen LogP contribution in [0.1, 0.15) is 65.5 Å². The smallest absolute Gasteiger partial charge is 0.126 e. The number of fused-ring (bicyclic) bond motifs is 1. The van der Waals surface area contributed by atoms with Crippen molar-refractivity contribution in [2.24, 2.45) is 5.92 Å². The van der Waals surface area contributed by atoms with Gasteiger partial charge in [0.2, 0.25) is 0 Å². The lowest BCUT2D eigenvalue weighted by atomic mass is 9.86. The first-order chi connectivity index (χ1) is 13.5. The van der Waals surface area contributed by atoms with Gasteiger partial charge in [-0.3, -0.25) is 0 Å². The summed E-state index contributed by atoms with van der Waals surface area (Å²) in [5.74, 6) is 0.926. The van der Waals surface area contributed by atoms with E-state index in [1.807, 2.05) is 13.0 Å². The lowest BCUT2D eigenvalue weighted by Gasteiger charge is -2.35. The molecule has 29 heavy (non-hydrogen) atoms. The third kappa shape index (κ3) is 4.84. The zero-order valence-electron chi connectivity index (χ0n) is 17.5. The van der Waals surface area contributed by atoms with E-state index in [-0.39, 0.29) is 24.3 Å². The van der Waals surface area contributed by atoms with Gasteiger partial charge in [-0.2, -0.15) is 0 Å². The van der Waals surface area contributed by atoms with E-state index in [0.29, 0.717) is 11.8 Å². The van der Waals surface area contributed by atoms with Gasteiger partial charge in [-0.15, -0.1) is 12.4 Å². The minimum Gasteiger partial charge on any atom is -0.388 e. The molecule has 2 aromatic rings. The number of halogens is 2. The van der Waals surface area contributed by atoms with Gasteiger partial charge < -0.3 is 10.0 Å². The van der Waals surface area contributed by atoms with Crippen LogP contribution in [0.2, 0.25) is 0 Å². The fraction of sp³-hybridized carbons (Fsp3) is 0.520. The zero-order valence-corrected chi connectivity index (χ0v) is 18.4.